The van der Waals surface area contributed by atoms with Crippen molar-refractivity contribution in [1.82, 2.24) is 0 Å². The van der Waals surface area contributed by atoms with E-state index >= 15 is 0 Å². The summed E-state index contributed by atoms with van der Waals surface area (Å²) in [6.07, 6.45) is 2.72. The van der Waals surface area contributed by atoms with Gasteiger partial charge in [-0.15, -0.1) is 0 Å². The first-order chi connectivity index (χ1) is 9.37. The van der Waals surface area contributed by atoms with Gasteiger partial charge in [-0.3, -0.25) is 0 Å². The first-order valence-corrected chi connectivity index (χ1v) is 7.26. The Labute approximate surface area is 127 Å². The highest BCUT2D eigenvalue weighted by atomic mass is 79.9. The highest BCUT2D eigenvalue weighted by Crippen LogP contribution is 2.31. The highest BCUT2D eigenvalue weighted by molar-refractivity contribution is 9.10. The third-order valence-electron chi connectivity index (χ3n) is 3.16. The molecular weight excluding hydrogens is 322 g/mol. The van der Waals surface area contributed by atoms with Crippen LogP contribution < -0.4 is 4.90 Å². The van der Waals surface area contributed by atoms with Crippen LogP contribution in [0.1, 0.15) is 19.4 Å². The molecule has 0 saturated carbocycles. The van der Waals surface area contributed by atoms with Crippen LogP contribution in [-0.2, 0) is 9.53 Å². The Morgan fingerprint density at radius 1 is 1.50 bits per heavy atom. The van der Waals surface area contributed by atoms with Crippen LogP contribution in [0.25, 0.3) is 6.08 Å². The average molecular weight is 340 g/mol. The summed E-state index contributed by atoms with van der Waals surface area (Å²) in [5.41, 5.74) is 1.81. The molecule has 0 radical (unpaired) electrons. The smallest absolute Gasteiger partial charge is 0.328 e. The van der Waals surface area contributed by atoms with Gasteiger partial charge in [-0.2, -0.15) is 0 Å². The Morgan fingerprint density at radius 3 is 2.85 bits per heavy atom. The molecule has 1 saturated heterocycles. The van der Waals surface area contributed by atoms with Crippen LogP contribution in [0.5, 0.6) is 0 Å². The molecule has 1 aliphatic heterocycles. The fraction of sp³-hybridized carbons (Fsp3) is 0.400. The predicted molar refractivity (Wildman–Crippen MR) is 83.1 cm³/mol. The number of aliphatic carboxylic acids is 1. The summed E-state index contributed by atoms with van der Waals surface area (Å²) in [4.78, 5) is 12.8. The van der Waals surface area contributed by atoms with Crippen molar-refractivity contribution in [2.75, 3.05) is 24.6 Å². The van der Waals surface area contributed by atoms with Gasteiger partial charge in [-0.05, 0) is 53.5 Å². The molecule has 0 spiro atoms. The van der Waals surface area contributed by atoms with Crippen molar-refractivity contribution in [3.8, 4) is 0 Å². The number of ether oxygens (including phenoxy) is 1. The molecule has 1 aliphatic rings. The standard InChI is InChI=1S/C15H18BrNO3/c1-15(2)10-17(7-8-20-15)13-5-3-11(9-12(13)16)4-6-14(18)19/h3-6,9H,7-8,10H2,1-2H3,(H,18,19)/b6-4+. The summed E-state index contributed by atoms with van der Waals surface area (Å²) in [7, 11) is 0. The number of carbonyl (C=O) groups is 1. The van der Waals surface area contributed by atoms with Gasteiger partial charge in [0, 0.05) is 23.6 Å². The number of halogens is 1. The van der Waals surface area contributed by atoms with Crippen molar-refractivity contribution in [2.45, 2.75) is 19.4 Å². The van der Waals surface area contributed by atoms with E-state index in [1.54, 1.807) is 6.08 Å². The minimum absolute atomic E-state index is 0.153. The second-order valence-electron chi connectivity index (χ2n) is 5.41. The van der Waals surface area contributed by atoms with Crippen LogP contribution in [-0.4, -0.2) is 36.4 Å². The van der Waals surface area contributed by atoms with Crippen LogP contribution in [0.3, 0.4) is 0 Å². The number of morpholine rings is 1. The summed E-state index contributed by atoms with van der Waals surface area (Å²) in [5, 5.41) is 8.64. The molecule has 1 fully saturated rings. The molecular formula is C15H18BrNO3. The maximum Gasteiger partial charge on any atom is 0.328 e. The molecule has 1 aromatic carbocycles. The van der Waals surface area contributed by atoms with Crippen LogP contribution >= 0.6 is 15.9 Å². The van der Waals surface area contributed by atoms with Gasteiger partial charge in [0.1, 0.15) is 0 Å². The van der Waals surface area contributed by atoms with Crippen molar-refractivity contribution in [1.29, 1.82) is 0 Å². The topological polar surface area (TPSA) is 49.8 Å². The molecule has 5 heteroatoms. The quantitative estimate of drug-likeness (QED) is 0.859. The summed E-state index contributed by atoms with van der Waals surface area (Å²) in [6, 6.07) is 5.85. The van der Waals surface area contributed by atoms with Gasteiger partial charge in [0.25, 0.3) is 0 Å². The molecule has 0 aromatic heterocycles. The Morgan fingerprint density at radius 2 is 2.25 bits per heavy atom. The maximum absolute atomic E-state index is 10.5. The minimum atomic E-state index is -0.944. The Hall–Kier alpha value is -1.33. The summed E-state index contributed by atoms with van der Waals surface area (Å²) in [5.74, 6) is -0.944. The monoisotopic (exact) mass is 339 g/mol. The maximum atomic E-state index is 10.5. The van der Waals surface area contributed by atoms with E-state index < -0.39 is 5.97 Å². The molecule has 0 unspecified atom stereocenters. The largest absolute Gasteiger partial charge is 0.478 e. The molecule has 0 aliphatic carbocycles. The Balaban J connectivity index is 2.19. The number of anilines is 1. The second kappa shape index (κ2) is 5.97. The van der Waals surface area contributed by atoms with Crippen LogP contribution in [0, 0.1) is 0 Å². The van der Waals surface area contributed by atoms with Crippen LogP contribution in [0.15, 0.2) is 28.7 Å². The van der Waals surface area contributed by atoms with Gasteiger partial charge in [-0.1, -0.05) is 6.07 Å². The predicted octanol–water partition coefficient (Wildman–Crippen LogP) is 3.16. The highest BCUT2D eigenvalue weighted by Gasteiger charge is 2.28. The lowest BCUT2D eigenvalue weighted by Crippen LogP contribution is -2.48. The molecule has 0 atom stereocenters. The fourth-order valence-corrected chi connectivity index (χ4v) is 2.92. The SMILES string of the molecule is CC1(C)CN(c2ccc(/C=C/C(=O)O)cc2Br)CCO1. The molecule has 4 nitrogen and oxygen atoms in total. The molecule has 1 heterocycles. The lowest BCUT2D eigenvalue weighted by molar-refractivity contribution is -0.131. The van der Waals surface area contributed by atoms with E-state index in [-0.39, 0.29) is 5.60 Å². The lowest BCUT2D eigenvalue weighted by Gasteiger charge is -2.39. The number of rotatable bonds is 3. The van der Waals surface area contributed by atoms with Crippen molar-refractivity contribution < 1.29 is 14.6 Å². The zero-order valence-electron chi connectivity index (χ0n) is 11.6. The van der Waals surface area contributed by atoms with Gasteiger partial charge >= 0.3 is 5.97 Å². The Bertz CT molecular complexity index is 540. The second-order valence-corrected chi connectivity index (χ2v) is 6.27. The van der Waals surface area contributed by atoms with E-state index in [0.29, 0.717) is 6.61 Å². The van der Waals surface area contributed by atoms with E-state index in [1.165, 1.54) is 0 Å². The number of carboxylic acid groups (broad SMARTS) is 1. The normalized spacial score (nSPS) is 18.4. The number of carboxylic acids is 1. The van der Waals surface area contributed by atoms with E-state index in [0.717, 1.165) is 34.9 Å². The van der Waals surface area contributed by atoms with E-state index in [4.69, 9.17) is 9.84 Å². The summed E-state index contributed by atoms with van der Waals surface area (Å²) >= 11 is 3.56. The van der Waals surface area contributed by atoms with Crippen molar-refractivity contribution >= 4 is 33.7 Å². The molecule has 0 amide bonds. The first-order valence-electron chi connectivity index (χ1n) is 6.47. The Kier molecular flexibility index (Phi) is 4.50. The van der Waals surface area contributed by atoms with Crippen LogP contribution in [0.4, 0.5) is 5.69 Å². The van der Waals surface area contributed by atoms with E-state index in [1.807, 2.05) is 18.2 Å². The molecule has 108 valence electrons. The van der Waals surface area contributed by atoms with Gasteiger partial charge < -0.3 is 14.7 Å². The summed E-state index contributed by atoms with van der Waals surface area (Å²) < 4.78 is 6.67. The van der Waals surface area contributed by atoms with E-state index in [9.17, 15) is 4.79 Å². The van der Waals surface area contributed by atoms with Crippen molar-refractivity contribution in [2.24, 2.45) is 0 Å². The zero-order chi connectivity index (χ0) is 14.8. The molecule has 0 bridgehead atoms. The minimum Gasteiger partial charge on any atom is -0.478 e. The number of hydrogen-bond donors (Lipinski definition) is 1. The molecule has 1 N–H and O–H groups in total. The average Bonchev–Trinajstić information content (AvgIpc) is 2.35. The number of nitrogens with zero attached hydrogens (tertiary/aromatic N) is 1. The van der Waals surface area contributed by atoms with Gasteiger partial charge in [0.05, 0.1) is 17.9 Å². The van der Waals surface area contributed by atoms with Crippen molar-refractivity contribution in [3.05, 3.63) is 34.3 Å². The molecule has 1 aromatic rings. The summed E-state index contributed by atoms with van der Waals surface area (Å²) in [6.45, 7) is 6.55. The number of benzene rings is 1. The third kappa shape index (κ3) is 3.84. The van der Waals surface area contributed by atoms with Gasteiger partial charge in [0.2, 0.25) is 0 Å². The first kappa shape index (κ1) is 15.1. The van der Waals surface area contributed by atoms with Crippen LogP contribution in [0.2, 0.25) is 0 Å². The molecule has 2 rings (SSSR count). The number of hydrogen-bond acceptors (Lipinski definition) is 3. The lowest BCUT2D eigenvalue weighted by atomic mass is 10.1. The van der Waals surface area contributed by atoms with Gasteiger partial charge in [-0.25, -0.2) is 4.79 Å². The van der Waals surface area contributed by atoms with E-state index in [2.05, 4.69) is 34.7 Å². The zero-order valence-corrected chi connectivity index (χ0v) is 13.2. The fourth-order valence-electron chi connectivity index (χ4n) is 2.27. The van der Waals surface area contributed by atoms with Gasteiger partial charge in [0.15, 0.2) is 0 Å². The van der Waals surface area contributed by atoms with Crippen molar-refractivity contribution in [3.63, 3.8) is 0 Å². The molecule has 20 heavy (non-hydrogen) atoms. The third-order valence-corrected chi connectivity index (χ3v) is 3.79.